The van der Waals surface area contributed by atoms with Gasteiger partial charge in [-0.1, -0.05) is 0 Å². The zero-order chi connectivity index (χ0) is 6.97. The fourth-order valence-electron chi connectivity index (χ4n) is 1.33. The van der Waals surface area contributed by atoms with Gasteiger partial charge in [0, 0.05) is 25.1 Å². The van der Waals surface area contributed by atoms with Gasteiger partial charge in [-0.25, -0.2) is 0 Å². The van der Waals surface area contributed by atoms with Crippen molar-refractivity contribution in [2.24, 2.45) is 10.7 Å². The molecule has 0 spiro atoms. The van der Waals surface area contributed by atoms with Crippen LogP contribution in [0.4, 0.5) is 0 Å². The lowest BCUT2D eigenvalue weighted by Gasteiger charge is -2.26. The highest BCUT2D eigenvalue weighted by Crippen LogP contribution is 2.23. The summed E-state index contributed by atoms with van der Waals surface area (Å²) in [6, 6.07) is 0. The Morgan fingerprint density at radius 3 is 3.50 bits per heavy atom. The molecule has 1 unspecified atom stereocenters. The number of fused-ring (bicyclic) bond motifs is 1. The first-order valence-corrected chi connectivity index (χ1v) is 4.56. The van der Waals surface area contributed by atoms with Gasteiger partial charge in [0.2, 0.25) is 0 Å². The smallest absolute Gasteiger partial charge is 0.109 e. The van der Waals surface area contributed by atoms with E-state index < -0.39 is 0 Å². The first-order chi connectivity index (χ1) is 4.86. The van der Waals surface area contributed by atoms with Crippen molar-refractivity contribution in [3.05, 3.63) is 0 Å². The SMILES string of the molecule is N[C@@H]1CN2CCSC2C=N1. The van der Waals surface area contributed by atoms with E-state index in [4.69, 9.17) is 5.73 Å². The van der Waals surface area contributed by atoms with Crippen molar-refractivity contribution in [3.8, 4) is 0 Å². The maximum atomic E-state index is 5.64. The summed E-state index contributed by atoms with van der Waals surface area (Å²) in [6.07, 6.45) is 2.00. The van der Waals surface area contributed by atoms with E-state index in [2.05, 4.69) is 9.89 Å². The van der Waals surface area contributed by atoms with E-state index in [0.29, 0.717) is 5.37 Å². The van der Waals surface area contributed by atoms with Crippen molar-refractivity contribution >= 4 is 18.0 Å². The molecule has 0 amide bonds. The van der Waals surface area contributed by atoms with Crippen LogP contribution in [-0.2, 0) is 0 Å². The van der Waals surface area contributed by atoms with Gasteiger partial charge in [0.25, 0.3) is 0 Å². The van der Waals surface area contributed by atoms with Gasteiger partial charge >= 0.3 is 0 Å². The summed E-state index contributed by atoms with van der Waals surface area (Å²) in [5.74, 6) is 1.23. The maximum absolute atomic E-state index is 5.64. The van der Waals surface area contributed by atoms with E-state index in [0.717, 1.165) is 6.54 Å². The molecule has 1 saturated heterocycles. The maximum Gasteiger partial charge on any atom is 0.109 e. The third kappa shape index (κ3) is 1.07. The van der Waals surface area contributed by atoms with Gasteiger partial charge in [-0.05, 0) is 0 Å². The Balaban J connectivity index is 2.09. The van der Waals surface area contributed by atoms with E-state index in [1.165, 1.54) is 12.3 Å². The molecule has 0 aromatic carbocycles. The molecule has 2 aliphatic heterocycles. The molecule has 0 aromatic rings. The molecule has 2 N–H and O–H groups in total. The second-order valence-electron chi connectivity index (χ2n) is 2.62. The normalized spacial score (nSPS) is 40.1. The fourth-order valence-corrected chi connectivity index (χ4v) is 2.47. The van der Waals surface area contributed by atoms with Crippen LogP contribution < -0.4 is 5.73 Å². The molecule has 56 valence electrons. The van der Waals surface area contributed by atoms with Crippen molar-refractivity contribution in [1.82, 2.24) is 4.90 Å². The molecule has 0 radical (unpaired) electrons. The van der Waals surface area contributed by atoms with Crippen LogP contribution in [0.15, 0.2) is 4.99 Å². The number of hydrogen-bond acceptors (Lipinski definition) is 4. The molecule has 1 fully saturated rings. The van der Waals surface area contributed by atoms with Gasteiger partial charge in [0.1, 0.15) is 6.17 Å². The monoisotopic (exact) mass is 157 g/mol. The van der Waals surface area contributed by atoms with E-state index in [1.54, 1.807) is 0 Å². The Hall–Kier alpha value is -0.0600. The molecule has 3 nitrogen and oxygen atoms in total. The Kier molecular flexibility index (Phi) is 1.68. The summed E-state index contributed by atoms with van der Waals surface area (Å²) < 4.78 is 0. The van der Waals surface area contributed by atoms with Crippen LogP contribution in [-0.4, -0.2) is 41.5 Å². The third-order valence-electron chi connectivity index (χ3n) is 1.85. The lowest BCUT2D eigenvalue weighted by molar-refractivity contribution is 0.295. The molecule has 2 rings (SSSR count). The van der Waals surface area contributed by atoms with E-state index in [1.807, 2.05) is 18.0 Å². The first-order valence-electron chi connectivity index (χ1n) is 3.51. The summed E-state index contributed by atoms with van der Waals surface area (Å²) >= 11 is 1.95. The Morgan fingerprint density at radius 1 is 1.70 bits per heavy atom. The summed E-state index contributed by atoms with van der Waals surface area (Å²) in [5.41, 5.74) is 5.64. The Labute approximate surface area is 64.7 Å². The van der Waals surface area contributed by atoms with Crippen LogP contribution >= 0.6 is 11.8 Å². The summed E-state index contributed by atoms with van der Waals surface area (Å²) in [7, 11) is 0. The number of thioether (sulfide) groups is 1. The summed E-state index contributed by atoms with van der Waals surface area (Å²) in [5, 5.41) is 0.528. The lowest BCUT2D eigenvalue weighted by atomic mass is 10.3. The minimum Gasteiger partial charge on any atom is -0.309 e. The molecular weight excluding hydrogens is 146 g/mol. The highest BCUT2D eigenvalue weighted by Gasteiger charge is 2.27. The average Bonchev–Trinajstić information content (AvgIpc) is 2.33. The van der Waals surface area contributed by atoms with Crippen molar-refractivity contribution in [1.29, 1.82) is 0 Å². The predicted octanol–water partition coefficient (Wildman–Crippen LogP) is -0.269. The van der Waals surface area contributed by atoms with Crippen molar-refractivity contribution in [2.75, 3.05) is 18.8 Å². The molecule has 2 atom stereocenters. The predicted molar refractivity (Wildman–Crippen MR) is 44.3 cm³/mol. The third-order valence-corrected chi connectivity index (χ3v) is 3.03. The summed E-state index contributed by atoms with van der Waals surface area (Å²) in [4.78, 5) is 6.54. The van der Waals surface area contributed by atoms with Gasteiger partial charge in [-0.2, -0.15) is 0 Å². The van der Waals surface area contributed by atoms with Crippen LogP contribution in [0, 0.1) is 0 Å². The molecule has 4 heteroatoms. The van der Waals surface area contributed by atoms with Gasteiger partial charge in [0.05, 0.1) is 5.37 Å². The minimum absolute atomic E-state index is 0.0231. The van der Waals surface area contributed by atoms with E-state index in [9.17, 15) is 0 Å². The van der Waals surface area contributed by atoms with Crippen LogP contribution in [0.2, 0.25) is 0 Å². The molecule has 0 saturated carbocycles. The van der Waals surface area contributed by atoms with Crippen LogP contribution in [0.5, 0.6) is 0 Å². The molecule has 2 aliphatic rings. The summed E-state index contributed by atoms with van der Waals surface area (Å²) in [6.45, 7) is 2.11. The number of nitrogens with two attached hydrogens (primary N) is 1. The van der Waals surface area contributed by atoms with E-state index in [-0.39, 0.29) is 6.17 Å². The number of nitrogens with zero attached hydrogens (tertiary/aromatic N) is 2. The zero-order valence-corrected chi connectivity index (χ0v) is 6.55. The molecule has 0 aromatic heterocycles. The van der Waals surface area contributed by atoms with Crippen LogP contribution in [0.3, 0.4) is 0 Å². The standard InChI is InChI=1S/C6H11N3S/c7-5-4-9-1-2-10-6(9)3-8-5/h3,5-6H,1-2,4,7H2/t5-,6?/m0/s1. The van der Waals surface area contributed by atoms with Crippen LogP contribution in [0.25, 0.3) is 0 Å². The largest absolute Gasteiger partial charge is 0.309 e. The second-order valence-corrected chi connectivity index (χ2v) is 3.85. The quantitative estimate of drug-likeness (QED) is 0.526. The molecule has 10 heavy (non-hydrogen) atoms. The number of rotatable bonds is 0. The van der Waals surface area contributed by atoms with Gasteiger partial charge in [-0.15, -0.1) is 11.8 Å². The van der Waals surface area contributed by atoms with Gasteiger partial charge < -0.3 is 5.73 Å². The van der Waals surface area contributed by atoms with Crippen molar-refractivity contribution in [2.45, 2.75) is 11.5 Å². The van der Waals surface area contributed by atoms with Crippen LogP contribution in [0.1, 0.15) is 0 Å². The number of hydrogen-bond donors (Lipinski definition) is 1. The molecule has 0 bridgehead atoms. The molecular formula is C6H11N3S. The topological polar surface area (TPSA) is 41.6 Å². The van der Waals surface area contributed by atoms with Gasteiger partial charge in [-0.3, -0.25) is 9.89 Å². The Morgan fingerprint density at radius 2 is 2.60 bits per heavy atom. The minimum atomic E-state index is 0.0231. The van der Waals surface area contributed by atoms with Crippen molar-refractivity contribution in [3.63, 3.8) is 0 Å². The second kappa shape index (κ2) is 2.53. The molecule has 2 heterocycles. The highest BCUT2D eigenvalue weighted by atomic mass is 32.2. The number of aliphatic imine (C=N–C) groups is 1. The molecule has 0 aliphatic carbocycles. The van der Waals surface area contributed by atoms with Crippen molar-refractivity contribution < 1.29 is 0 Å². The fraction of sp³-hybridized carbons (Fsp3) is 0.833. The zero-order valence-electron chi connectivity index (χ0n) is 5.73. The lowest BCUT2D eigenvalue weighted by Crippen LogP contribution is -2.43. The van der Waals surface area contributed by atoms with E-state index >= 15 is 0 Å². The first kappa shape index (κ1) is 6.64. The Bertz CT molecular complexity index is 159. The van der Waals surface area contributed by atoms with Gasteiger partial charge in [0.15, 0.2) is 0 Å². The average molecular weight is 157 g/mol. The highest BCUT2D eigenvalue weighted by molar-refractivity contribution is 8.00.